The van der Waals surface area contributed by atoms with E-state index in [9.17, 15) is 8.42 Å². The first kappa shape index (κ1) is 13.3. The molecule has 2 heterocycles. The van der Waals surface area contributed by atoms with E-state index >= 15 is 0 Å². The van der Waals surface area contributed by atoms with E-state index in [2.05, 4.69) is 14.7 Å². The number of hydrogen-bond acceptors (Lipinski definition) is 5. The van der Waals surface area contributed by atoms with Crippen LogP contribution in [0.1, 0.15) is 0 Å². The van der Waals surface area contributed by atoms with Crippen LogP contribution in [0.15, 0.2) is 59.8 Å². The highest BCUT2D eigenvalue weighted by molar-refractivity contribution is 7.92. The van der Waals surface area contributed by atoms with Crippen LogP contribution in [0.3, 0.4) is 0 Å². The number of nitrogens with two attached hydrogens (primary N) is 1. The SMILES string of the molecule is Nc1cc(S(=O)(=O)Nc2cccc3ncccc23)ccn1. The Bertz CT molecular complexity index is 904. The third-order valence-electron chi connectivity index (χ3n) is 2.95. The third kappa shape index (κ3) is 2.63. The van der Waals surface area contributed by atoms with E-state index in [4.69, 9.17) is 5.73 Å². The Labute approximate surface area is 121 Å². The first-order valence-corrected chi connectivity index (χ1v) is 7.63. The molecule has 0 spiro atoms. The van der Waals surface area contributed by atoms with E-state index in [0.29, 0.717) is 11.2 Å². The highest BCUT2D eigenvalue weighted by Crippen LogP contribution is 2.24. The van der Waals surface area contributed by atoms with Crippen molar-refractivity contribution in [2.75, 3.05) is 10.5 Å². The fourth-order valence-corrected chi connectivity index (χ4v) is 3.09. The molecule has 0 fully saturated rings. The predicted octanol–water partition coefficient (Wildman–Crippen LogP) is 2.01. The van der Waals surface area contributed by atoms with E-state index in [-0.39, 0.29) is 10.7 Å². The fourth-order valence-electron chi connectivity index (χ4n) is 1.99. The molecule has 0 amide bonds. The van der Waals surface area contributed by atoms with Gasteiger partial charge in [0, 0.05) is 23.8 Å². The molecular formula is C14H12N4O2S. The first-order chi connectivity index (χ1) is 10.1. The van der Waals surface area contributed by atoms with Crippen molar-refractivity contribution < 1.29 is 8.42 Å². The quantitative estimate of drug-likeness (QED) is 0.771. The molecule has 0 saturated carbocycles. The van der Waals surface area contributed by atoms with Gasteiger partial charge in [0.1, 0.15) is 5.82 Å². The Hall–Kier alpha value is -2.67. The van der Waals surface area contributed by atoms with Crippen LogP contribution in [0, 0.1) is 0 Å². The number of aromatic nitrogens is 2. The molecule has 1 aromatic carbocycles. The zero-order valence-corrected chi connectivity index (χ0v) is 11.7. The molecule has 0 aliphatic heterocycles. The zero-order chi connectivity index (χ0) is 14.9. The molecule has 106 valence electrons. The van der Waals surface area contributed by atoms with Crippen LogP contribution < -0.4 is 10.5 Å². The molecule has 3 N–H and O–H groups in total. The molecule has 0 unspecified atom stereocenters. The molecule has 0 bridgehead atoms. The molecule has 0 aliphatic carbocycles. The van der Waals surface area contributed by atoms with E-state index in [1.807, 2.05) is 6.07 Å². The summed E-state index contributed by atoms with van der Waals surface area (Å²) >= 11 is 0. The molecule has 0 saturated heterocycles. The van der Waals surface area contributed by atoms with Gasteiger partial charge in [-0.2, -0.15) is 0 Å². The Balaban J connectivity index is 2.06. The number of pyridine rings is 2. The summed E-state index contributed by atoms with van der Waals surface area (Å²) in [4.78, 5) is 8.05. The average molecular weight is 300 g/mol. The molecule has 6 nitrogen and oxygen atoms in total. The highest BCUT2D eigenvalue weighted by atomic mass is 32.2. The number of fused-ring (bicyclic) bond motifs is 1. The van der Waals surface area contributed by atoms with Gasteiger partial charge in [0.05, 0.1) is 16.1 Å². The number of sulfonamides is 1. The van der Waals surface area contributed by atoms with Crippen molar-refractivity contribution in [2.45, 2.75) is 4.90 Å². The van der Waals surface area contributed by atoms with Crippen LogP contribution in [0.2, 0.25) is 0 Å². The molecule has 21 heavy (non-hydrogen) atoms. The largest absolute Gasteiger partial charge is 0.384 e. The maximum absolute atomic E-state index is 12.4. The number of rotatable bonds is 3. The normalized spacial score (nSPS) is 11.4. The Kier molecular flexibility index (Phi) is 3.19. The topological polar surface area (TPSA) is 98.0 Å². The van der Waals surface area contributed by atoms with Crippen molar-refractivity contribution >= 4 is 32.4 Å². The summed E-state index contributed by atoms with van der Waals surface area (Å²) in [6, 6.07) is 11.5. The number of hydrogen-bond donors (Lipinski definition) is 2. The van der Waals surface area contributed by atoms with Crippen molar-refractivity contribution in [3.8, 4) is 0 Å². The van der Waals surface area contributed by atoms with Crippen molar-refractivity contribution in [2.24, 2.45) is 0 Å². The molecule has 7 heteroatoms. The van der Waals surface area contributed by atoms with Gasteiger partial charge in [-0.1, -0.05) is 6.07 Å². The maximum atomic E-state index is 12.4. The summed E-state index contributed by atoms with van der Waals surface area (Å²) < 4.78 is 27.3. The zero-order valence-electron chi connectivity index (χ0n) is 10.9. The van der Waals surface area contributed by atoms with Gasteiger partial charge in [0.2, 0.25) is 0 Å². The highest BCUT2D eigenvalue weighted by Gasteiger charge is 2.16. The second kappa shape index (κ2) is 5.02. The van der Waals surface area contributed by atoms with Crippen LogP contribution in [-0.4, -0.2) is 18.4 Å². The van der Waals surface area contributed by atoms with Crippen molar-refractivity contribution in [1.82, 2.24) is 9.97 Å². The molecule has 0 radical (unpaired) electrons. The van der Waals surface area contributed by atoms with Gasteiger partial charge in [0.15, 0.2) is 0 Å². The van der Waals surface area contributed by atoms with Gasteiger partial charge in [-0.15, -0.1) is 0 Å². The molecule has 3 aromatic rings. The summed E-state index contributed by atoms with van der Waals surface area (Å²) in [5.41, 5.74) is 6.71. The minimum absolute atomic E-state index is 0.0656. The summed E-state index contributed by atoms with van der Waals surface area (Å²) in [6.45, 7) is 0. The summed E-state index contributed by atoms with van der Waals surface area (Å²) in [5, 5.41) is 0.727. The predicted molar refractivity (Wildman–Crippen MR) is 81.2 cm³/mol. The van der Waals surface area contributed by atoms with E-state index in [1.54, 1.807) is 30.5 Å². The smallest absolute Gasteiger partial charge is 0.262 e. The number of benzene rings is 1. The van der Waals surface area contributed by atoms with Gasteiger partial charge in [-0.25, -0.2) is 13.4 Å². The summed E-state index contributed by atoms with van der Waals surface area (Å²) in [5.74, 6) is 0.150. The average Bonchev–Trinajstić information content (AvgIpc) is 2.47. The second-order valence-corrected chi connectivity index (χ2v) is 6.08. The molecule has 0 atom stereocenters. The summed E-state index contributed by atoms with van der Waals surface area (Å²) in [6.07, 6.45) is 3.01. The molecule has 2 aromatic heterocycles. The van der Waals surface area contributed by atoms with Gasteiger partial charge in [0.25, 0.3) is 10.0 Å². The van der Waals surface area contributed by atoms with Crippen LogP contribution in [-0.2, 0) is 10.0 Å². The van der Waals surface area contributed by atoms with Crippen LogP contribution in [0.5, 0.6) is 0 Å². The Morgan fingerprint density at radius 1 is 1.00 bits per heavy atom. The van der Waals surface area contributed by atoms with Crippen molar-refractivity contribution in [1.29, 1.82) is 0 Å². The Morgan fingerprint density at radius 2 is 1.86 bits per heavy atom. The van der Waals surface area contributed by atoms with E-state index < -0.39 is 10.0 Å². The minimum Gasteiger partial charge on any atom is -0.384 e. The van der Waals surface area contributed by atoms with E-state index in [1.165, 1.54) is 18.3 Å². The lowest BCUT2D eigenvalue weighted by molar-refractivity contribution is 0.601. The van der Waals surface area contributed by atoms with E-state index in [0.717, 1.165) is 5.39 Å². The second-order valence-electron chi connectivity index (χ2n) is 4.40. The van der Waals surface area contributed by atoms with Gasteiger partial charge >= 0.3 is 0 Å². The Morgan fingerprint density at radius 3 is 2.67 bits per heavy atom. The number of nitrogens with one attached hydrogen (secondary N) is 1. The van der Waals surface area contributed by atoms with Crippen LogP contribution >= 0.6 is 0 Å². The third-order valence-corrected chi connectivity index (χ3v) is 4.32. The number of nitrogens with zero attached hydrogens (tertiary/aromatic N) is 2. The standard InChI is InChI=1S/C14H12N4O2S/c15-14-9-10(6-8-17-14)21(19,20)18-13-5-1-4-12-11(13)3-2-7-16-12/h1-9,18H,(H2,15,17). The molecule has 3 rings (SSSR count). The monoisotopic (exact) mass is 300 g/mol. The van der Waals surface area contributed by atoms with Gasteiger partial charge in [-0.05, 0) is 30.3 Å². The van der Waals surface area contributed by atoms with Crippen molar-refractivity contribution in [3.63, 3.8) is 0 Å². The van der Waals surface area contributed by atoms with Crippen molar-refractivity contribution in [3.05, 3.63) is 54.9 Å². The van der Waals surface area contributed by atoms with Crippen LogP contribution in [0.25, 0.3) is 10.9 Å². The lowest BCUT2D eigenvalue weighted by Gasteiger charge is -2.10. The first-order valence-electron chi connectivity index (χ1n) is 6.14. The number of anilines is 2. The number of nitrogen functional groups attached to an aromatic ring is 1. The fraction of sp³-hybridized carbons (Fsp3) is 0. The lowest BCUT2D eigenvalue weighted by Crippen LogP contribution is -2.13. The molecule has 0 aliphatic rings. The minimum atomic E-state index is -3.73. The van der Waals surface area contributed by atoms with Gasteiger partial charge < -0.3 is 5.73 Å². The summed E-state index contributed by atoms with van der Waals surface area (Å²) in [7, 11) is -3.73. The lowest BCUT2D eigenvalue weighted by atomic mass is 10.2. The maximum Gasteiger partial charge on any atom is 0.262 e. The van der Waals surface area contributed by atoms with Gasteiger partial charge in [-0.3, -0.25) is 9.71 Å². The van der Waals surface area contributed by atoms with Crippen LogP contribution in [0.4, 0.5) is 11.5 Å². The molecular weight excluding hydrogens is 288 g/mol.